The summed E-state index contributed by atoms with van der Waals surface area (Å²) < 4.78 is 5.15. The van der Waals surface area contributed by atoms with Crippen LogP contribution in [0, 0.1) is 14.9 Å². The van der Waals surface area contributed by atoms with Crippen LogP contribution in [-0.4, -0.2) is 152 Å². The molecule has 0 spiro atoms. The predicted molar refractivity (Wildman–Crippen MR) is 408 cm³/mol. The van der Waals surface area contributed by atoms with E-state index in [1.807, 2.05) is 43.1 Å². The number of aryl methyl sites for hydroxylation is 2. The van der Waals surface area contributed by atoms with Crippen molar-refractivity contribution in [3.63, 3.8) is 0 Å². The van der Waals surface area contributed by atoms with Crippen molar-refractivity contribution in [2.75, 3.05) is 52.4 Å². The maximum absolute atomic E-state index is 11.6. The topological polar surface area (TPSA) is 143 Å². The van der Waals surface area contributed by atoms with E-state index in [2.05, 4.69) is 152 Å². The Morgan fingerprint density at radius 3 is 1.15 bits per heavy atom. The van der Waals surface area contributed by atoms with Gasteiger partial charge >= 0.3 is 0 Å². The van der Waals surface area contributed by atoms with E-state index in [1.54, 1.807) is 5.84 Å². The number of hydrogen-bond acceptors (Lipinski definition) is 10. The minimum absolute atomic E-state index is 0. The van der Waals surface area contributed by atoms with E-state index in [0.717, 1.165) is 148 Å². The van der Waals surface area contributed by atoms with Gasteiger partial charge in [-0.15, -0.1) is 0 Å². The van der Waals surface area contributed by atoms with Gasteiger partial charge in [0.15, 0.2) is 0 Å². The molecule has 99 heavy (non-hydrogen) atoms. The van der Waals surface area contributed by atoms with Crippen LogP contribution in [0.2, 0.25) is 0 Å². The molecular formula is C83H130Co2N8O4Y2. The van der Waals surface area contributed by atoms with Crippen LogP contribution >= 0.6 is 0 Å². The largest absolute Gasteiger partial charge is 0.507 e. The molecule has 12 nitrogen and oxygen atoms in total. The smallest absolute Gasteiger partial charge is 0.246 e. The van der Waals surface area contributed by atoms with Gasteiger partial charge < -0.3 is 35.3 Å². The summed E-state index contributed by atoms with van der Waals surface area (Å²) in [5.74, 6) is 4.73. The van der Waals surface area contributed by atoms with Gasteiger partial charge in [0.1, 0.15) is 23.0 Å². The summed E-state index contributed by atoms with van der Waals surface area (Å²) >= 11 is 0. The van der Waals surface area contributed by atoms with Gasteiger partial charge in [-0.25, -0.2) is 0 Å². The van der Waals surface area contributed by atoms with E-state index in [0.29, 0.717) is 23.0 Å². The molecule has 4 aromatic carbocycles. The van der Waals surface area contributed by atoms with Gasteiger partial charge in [-0.3, -0.25) is 38.9 Å². The van der Waals surface area contributed by atoms with Crippen LogP contribution in [0.4, 0.5) is 0 Å². The first-order chi connectivity index (χ1) is 43.1. The Hall–Kier alpha value is -3.08. The number of hydrogen-bond donors (Lipinski definition) is 4. The Labute approximate surface area is 673 Å². The molecule has 6 aliphatic rings. The molecule has 16 heteroatoms. The molecule has 4 heterocycles. The van der Waals surface area contributed by atoms with Crippen molar-refractivity contribution >= 4 is 36.5 Å². The van der Waals surface area contributed by atoms with Gasteiger partial charge in [0, 0.05) is 164 Å². The molecule has 10 rings (SSSR count). The number of phenolic OH excluding ortho intramolecular Hbond substituents is 4. The van der Waals surface area contributed by atoms with Gasteiger partial charge in [-0.05, 0) is 149 Å². The zero-order chi connectivity index (χ0) is 65.4. The zero-order valence-electron chi connectivity index (χ0n) is 62.5. The molecule has 4 N–H and O–H groups in total. The molecule has 2 fully saturated rings. The molecule has 4 unspecified atom stereocenters. The SMILES string of the molecule is C.C.CC(C)(C)c1cc(C=NC2CCCCC2N=Cc2cc(C(C)(C)C)cc(C(C)(C)C)c2O)c(O)c(CCCN2CCC[N+]3=C2CCC3)c1.CC(C)c1cccc(C=NC2CCCCC2N=Cc2cc(C(C)(C)C)cc(CCCN3CCC[N+]4=C3CCC4)c2O)c1O.[CH3-].[CH3-].[Co].[Co].[Y].[Y]. The first kappa shape index (κ1) is 93.9. The molecule has 2 aliphatic carbocycles. The Bertz CT molecular complexity index is 3380. The van der Waals surface area contributed by atoms with Crippen molar-refractivity contribution < 1.29 is 129 Å². The number of phenols is 4. The molecule has 4 aliphatic heterocycles. The third-order valence-electron chi connectivity index (χ3n) is 20.3. The van der Waals surface area contributed by atoms with Crippen molar-refractivity contribution in [2.45, 2.75) is 279 Å². The standard InChI is InChI=1S/C42H62N4O2.C37H52N4O2.2CH4.2CH3.2Co.2Y/c1-40(2,3)32-23-29(15-12-19-45-21-14-22-46-20-13-18-37(45)46)38(47)30(24-32)27-43-35-16-10-11-17-36(35)44-28-31-25-33(41(4,5)6)26-34(39(31)48)42(7,8)9;1-26(2)31-14-8-12-28(36(31)43)24-38-32-15-6-7-16-33(32)39-25-29-23-30(37(3,4)5)22-27(35(29)42)13-9-18-40-20-11-21-41-19-10-17-34(40)41;;;;;;;;/h23-28,35-36H,10-22H2,1-9H3,(H-,43,44,47,48);8,12,14,22-26,32-33H,6-7,9-11,13,15-21H2,1-5H3,(H-,38,39,42,43);2*1H4;2*1H3;;;;/q;;;;2*-1;;;;/p+2. The fraction of sp³-hybridized carbons (Fsp3) is 0.614. The average molecular weight is 1600 g/mol. The van der Waals surface area contributed by atoms with Crippen molar-refractivity contribution in [1.29, 1.82) is 0 Å². The molecular weight excluding hydrogens is 1470 g/mol. The van der Waals surface area contributed by atoms with Crippen molar-refractivity contribution in [2.24, 2.45) is 20.0 Å². The maximum atomic E-state index is 11.6. The molecule has 4 radical (unpaired) electrons. The van der Waals surface area contributed by atoms with E-state index in [4.69, 9.17) is 20.0 Å². The molecule has 2 saturated carbocycles. The van der Waals surface area contributed by atoms with Crippen molar-refractivity contribution in [1.82, 2.24) is 9.80 Å². The van der Waals surface area contributed by atoms with Crippen LogP contribution in [0.3, 0.4) is 0 Å². The van der Waals surface area contributed by atoms with E-state index in [9.17, 15) is 20.4 Å². The summed E-state index contributed by atoms with van der Waals surface area (Å²) in [6, 6.07) is 19.0. The number of aromatic hydroxyl groups is 4. The second-order valence-electron chi connectivity index (χ2n) is 31.9. The van der Waals surface area contributed by atoms with Crippen LogP contribution in [0.25, 0.3) is 0 Å². The van der Waals surface area contributed by atoms with E-state index in [-0.39, 0.29) is 180 Å². The predicted octanol–water partition coefficient (Wildman–Crippen LogP) is 18.1. The minimum Gasteiger partial charge on any atom is -0.507 e. The van der Waals surface area contributed by atoms with Gasteiger partial charge in [-0.1, -0.05) is 168 Å². The fourth-order valence-electron chi connectivity index (χ4n) is 14.6. The quantitative estimate of drug-likeness (QED) is 0.0471. The molecule has 0 amide bonds. The van der Waals surface area contributed by atoms with Crippen LogP contribution in [0.1, 0.15) is 282 Å². The molecule has 0 saturated heterocycles. The number of rotatable bonds is 17. The van der Waals surface area contributed by atoms with Crippen LogP contribution < -0.4 is 0 Å². The summed E-state index contributed by atoms with van der Waals surface area (Å²) in [6.45, 7) is 39.9. The first-order valence-corrected chi connectivity index (χ1v) is 35.4. The summed E-state index contributed by atoms with van der Waals surface area (Å²) in [6.07, 6.45) is 27.2. The summed E-state index contributed by atoms with van der Waals surface area (Å²) in [7, 11) is 0. The Morgan fingerprint density at radius 2 is 0.798 bits per heavy atom. The molecule has 550 valence electrons. The Kier molecular flexibility index (Phi) is 39.4. The number of para-hydroxylation sites is 1. The van der Waals surface area contributed by atoms with Crippen molar-refractivity contribution in [3.8, 4) is 23.0 Å². The van der Waals surface area contributed by atoms with Gasteiger partial charge in [0.25, 0.3) is 0 Å². The molecule has 0 bridgehead atoms. The van der Waals surface area contributed by atoms with Gasteiger partial charge in [0.2, 0.25) is 11.7 Å². The number of amidine groups is 2. The van der Waals surface area contributed by atoms with Crippen LogP contribution in [-0.2, 0) is 133 Å². The Balaban J connectivity index is 0.000000920. The number of benzene rings is 4. The average Bonchev–Trinajstić information content (AvgIpc) is 1.57. The zero-order valence-corrected chi connectivity index (χ0v) is 70.2. The second kappa shape index (κ2) is 41.6. The summed E-state index contributed by atoms with van der Waals surface area (Å²) in [4.78, 5) is 25.4. The molecule has 4 atom stereocenters. The van der Waals surface area contributed by atoms with Gasteiger partial charge in [0.05, 0.1) is 89.4 Å². The van der Waals surface area contributed by atoms with E-state index < -0.39 is 0 Å². The van der Waals surface area contributed by atoms with E-state index in [1.165, 1.54) is 87.2 Å². The number of nitrogens with zero attached hydrogens (tertiary/aromatic N) is 8. The summed E-state index contributed by atoms with van der Waals surface area (Å²) in [5.41, 5.74) is 10.5. The summed E-state index contributed by atoms with van der Waals surface area (Å²) in [5, 5.41) is 45.1. The van der Waals surface area contributed by atoms with Crippen LogP contribution in [0.5, 0.6) is 23.0 Å². The Morgan fingerprint density at radius 1 is 0.455 bits per heavy atom. The normalized spacial score (nSPS) is 19.6. The maximum Gasteiger partial charge on any atom is 0.246 e. The van der Waals surface area contributed by atoms with E-state index >= 15 is 0 Å². The monoisotopic (exact) mass is 1600 g/mol. The third kappa shape index (κ3) is 25.0. The number of aliphatic imine (C=N–C) groups is 4. The first-order valence-electron chi connectivity index (χ1n) is 35.4. The minimum atomic E-state index is -0.183. The molecule has 4 aromatic rings. The molecule has 0 aromatic heterocycles. The third-order valence-corrected chi connectivity index (χ3v) is 20.3. The fourth-order valence-corrected chi connectivity index (χ4v) is 14.6. The second-order valence-corrected chi connectivity index (χ2v) is 31.9. The van der Waals surface area contributed by atoms with Crippen LogP contribution in [0.15, 0.2) is 74.6 Å². The van der Waals surface area contributed by atoms with Crippen molar-refractivity contribution in [3.05, 3.63) is 131 Å². The van der Waals surface area contributed by atoms with Gasteiger partial charge in [-0.2, -0.15) is 0 Å².